The highest BCUT2D eigenvalue weighted by molar-refractivity contribution is 7.71. The molecule has 6 aromatic rings. The van der Waals surface area contributed by atoms with Crippen LogP contribution in [0.25, 0.3) is 33.7 Å². The van der Waals surface area contributed by atoms with Crippen LogP contribution in [0.3, 0.4) is 0 Å². The van der Waals surface area contributed by atoms with Crippen molar-refractivity contribution >= 4 is 40.2 Å². The fourth-order valence-corrected chi connectivity index (χ4v) is 5.07. The molecule has 9 heteroatoms. The summed E-state index contributed by atoms with van der Waals surface area (Å²) >= 11 is 6.21. The standard InChI is InChI=1S/C31H26N6O2S/c1-20-12-4-8-16-24(20)36-29-28(35-34-23-15-7-10-18-26(23)38-2)30(33-22-14-6-5-13-21(22)32-29)37(31(36)40)25-17-9-11-19-27(25)39-3/h4-19,34H,1-3H3. The zero-order chi connectivity index (χ0) is 27.6. The van der Waals surface area contributed by atoms with Crippen molar-refractivity contribution in [1.82, 2.24) is 19.1 Å². The molecule has 0 atom stereocenters. The molecule has 0 saturated heterocycles. The molecule has 6 rings (SSSR count). The van der Waals surface area contributed by atoms with Crippen LogP contribution in [0.2, 0.25) is 0 Å². The number of para-hydroxylation sites is 7. The van der Waals surface area contributed by atoms with Crippen LogP contribution in [0.15, 0.2) is 102 Å². The summed E-state index contributed by atoms with van der Waals surface area (Å²) in [5, 5.41) is 5.41. The Labute approximate surface area is 235 Å². The van der Waals surface area contributed by atoms with Crippen LogP contribution in [0.1, 0.15) is 5.56 Å². The smallest absolute Gasteiger partial charge is 0.192 e. The summed E-state index contributed by atoms with van der Waals surface area (Å²) < 4.78 is 15.6. The van der Waals surface area contributed by atoms with E-state index in [-0.39, 0.29) is 0 Å². The maximum atomic E-state index is 6.21. The van der Waals surface area contributed by atoms with Gasteiger partial charge < -0.3 is 9.47 Å². The Morgan fingerprint density at radius 3 is 1.85 bits per heavy atom. The number of hydrogen-bond acceptors (Lipinski definition) is 7. The molecule has 0 fully saturated rings. The van der Waals surface area contributed by atoms with E-state index in [1.807, 2.05) is 113 Å². The van der Waals surface area contributed by atoms with Crippen molar-refractivity contribution in [3.8, 4) is 22.9 Å². The number of anilines is 1. The summed E-state index contributed by atoms with van der Waals surface area (Å²) in [6.07, 6.45) is 0. The van der Waals surface area contributed by atoms with E-state index in [9.17, 15) is 0 Å². The lowest BCUT2D eigenvalue weighted by Gasteiger charge is -2.18. The predicted molar refractivity (Wildman–Crippen MR) is 160 cm³/mol. The summed E-state index contributed by atoms with van der Waals surface area (Å²) in [4.78, 5) is 10.2. The number of methoxy groups -OCH3 is 2. The minimum Gasteiger partial charge on any atom is -0.495 e. The highest BCUT2D eigenvalue weighted by Gasteiger charge is 2.19. The van der Waals surface area contributed by atoms with Crippen LogP contribution in [-0.2, 0) is 0 Å². The van der Waals surface area contributed by atoms with Crippen LogP contribution in [0, 0.1) is 11.7 Å². The maximum absolute atomic E-state index is 6.21. The zero-order valence-electron chi connectivity index (χ0n) is 22.2. The quantitative estimate of drug-likeness (QED) is 0.194. The fourth-order valence-electron chi connectivity index (χ4n) is 4.70. The van der Waals surface area contributed by atoms with Crippen LogP contribution >= 0.6 is 12.2 Å². The first-order chi connectivity index (χ1) is 19.6. The van der Waals surface area contributed by atoms with Crippen molar-refractivity contribution in [2.24, 2.45) is 5.10 Å². The van der Waals surface area contributed by atoms with E-state index in [1.165, 1.54) is 0 Å². The Bertz CT molecular complexity index is 2010. The van der Waals surface area contributed by atoms with Gasteiger partial charge in [0.2, 0.25) is 0 Å². The van der Waals surface area contributed by atoms with Crippen molar-refractivity contribution in [1.29, 1.82) is 0 Å². The number of fused-ring (bicyclic) bond motifs is 3. The summed E-state index contributed by atoms with van der Waals surface area (Å²) in [6.45, 7) is 2.05. The molecule has 2 bridgehead atoms. The molecule has 0 spiro atoms. The van der Waals surface area contributed by atoms with Crippen LogP contribution < -0.4 is 20.3 Å². The molecule has 2 aromatic heterocycles. The third kappa shape index (κ3) is 4.36. The highest BCUT2D eigenvalue weighted by Crippen LogP contribution is 2.27. The van der Waals surface area contributed by atoms with Gasteiger partial charge in [-0.05, 0) is 67.2 Å². The second-order valence-corrected chi connectivity index (χ2v) is 9.41. The van der Waals surface area contributed by atoms with E-state index < -0.39 is 0 Å². The zero-order valence-corrected chi connectivity index (χ0v) is 23.0. The lowest BCUT2D eigenvalue weighted by Crippen LogP contribution is -2.23. The molecule has 4 aromatic carbocycles. The number of aromatic nitrogens is 4. The first-order valence-corrected chi connectivity index (χ1v) is 13.1. The molecular weight excluding hydrogens is 520 g/mol. The van der Waals surface area contributed by atoms with Gasteiger partial charge in [0.05, 0.1) is 42.3 Å². The molecule has 0 saturated carbocycles. The van der Waals surface area contributed by atoms with Gasteiger partial charge in [0.15, 0.2) is 21.4 Å². The van der Waals surface area contributed by atoms with E-state index in [0.717, 1.165) is 16.9 Å². The van der Waals surface area contributed by atoms with E-state index in [0.29, 0.717) is 49.6 Å². The van der Waals surface area contributed by atoms with Crippen molar-refractivity contribution in [2.45, 2.75) is 6.92 Å². The largest absolute Gasteiger partial charge is 0.495 e. The number of rotatable bonds is 6. The minimum atomic E-state index is 0.473. The first-order valence-electron chi connectivity index (χ1n) is 12.7. The third-order valence-corrected chi connectivity index (χ3v) is 7.01. The van der Waals surface area contributed by atoms with Crippen molar-refractivity contribution in [3.63, 3.8) is 0 Å². The monoisotopic (exact) mass is 546 g/mol. The van der Waals surface area contributed by atoms with E-state index in [1.54, 1.807) is 14.2 Å². The highest BCUT2D eigenvalue weighted by atomic mass is 32.1. The summed E-state index contributed by atoms with van der Waals surface area (Å²) in [5.74, 6) is 1.30. The number of aryl methyl sites for hydroxylation is 1. The Hall–Kier alpha value is -5.02. The van der Waals surface area contributed by atoms with Crippen molar-refractivity contribution in [2.75, 3.05) is 19.6 Å². The third-order valence-electron chi connectivity index (χ3n) is 6.64. The van der Waals surface area contributed by atoms with Gasteiger partial charge in [0.1, 0.15) is 11.5 Å². The first kappa shape index (κ1) is 25.3. The number of ether oxygens (including phenoxy) is 2. The summed E-state index contributed by atoms with van der Waals surface area (Å²) in [5.41, 5.74) is 9.02. The van der Waals surface area contributed by atoms with Gasteiger partial charge in [0.25, 0.3) is 0 Å². The molecule has 0 radical (unpaired) electrons. The molecule has 0 unspecified atom stereocenters. The molecular formula is C31H26N6O2S. The van der Waals surface area contributed by atoms with Gasteiger partial charge in [-0.25, -0.2) is 9.97 Å². The number of nitrogens with zero attached hydrogens (tertiary/aromatic N) is 5. The summed E-state index contributed by atoms with van der Waals surface area (Å²) in [7, 11) is 3.26. The number of hydrogen-bond donors (Lipinski definition) is 1. The second kappa shape index (κ2) is 10.6. The SMILES string of the molecule is COc1ccccc1NN=c1c2nc3ccccc3nc1n(-c1ccccc1OC)c(=S)n2-c1ccccc1C. The fraction of sp³-hybridized carbons (Fsp3) is 0.0968. The second-order valence-electron chi connectivity index (χ2n) is 9.04. The van der Waals surface area contributed by atoms with E-state index in [4.69, 9.17) is 36.8 Å². The minimum absolute atomic E-state index is 0.473. The van der Waals surface area contributed by atoms with Crippen LogP contribution in [0.5, 0.6) is 11.5 Å². The molecule has 40 heavy (non-hydrogen) atoms. The molecule has 198 valence electrons. The Balaban J connectivity index is 1.85. The molecule has 0 aliphatic heterocycles. The summed E-state index contributed by atoms with van der Waals surface area (Å²) in [6, 6.07) is 31.1. The Kier molecular flexibility index (Phi) is 6.71. The topological polar surface area (TPSA) is 78.5 Å². The average molecular weight is 547 g/mol. The van der Waals surface area contributed by atoms with Gasteiger partial charge in [-0.3, -0.25) is 14.6 Å². The van der Waals surface area contributed by atoms with E-state index in [2.05, 4.69) is 5.43 Å². The van der Waals surface area contributed by atoms with Crippen molar-refractivity contribution < 1.29 is 9.47 Å². The molecule has 0 amide bonds. The average Bonchev–Trinajstić information content (AvgIpc) is 3.11. The normalized spacial score (nSPS) is 11.6. The number of nitrogens with one attached hydrogen (secondary N) is 1. The molecule has 0 aliphatic carbocycles. The molecule has 2 heterocycles. The van der Waals surface area contributed by atoms with Gasteiger partial charge in [-0.2, -0.15) is 5.10 Å². The van der Waals surface area contributed by atoms with Crippen molar-refractivity contribution in [3.05, 3.63) is 113 Å². The molecule has 8 nitrogen and oxygen atoms in total. The maximum Gasteiger partial charge on any atom is 0.192 e. The van der Waals surface area contributed by atoms with Crippen LogP contribution in [0.4, 0.5) is 5.69 Å². The molecule has 1 N–H and O–H groups in total. The Morgan fingerprint density at radius 1 is 0.675 bits per heavy atom. The van der Waals surface area contributed by atoms with E-state index >= 15 is 0 Å². The van der Waals surface area contributed by atoms with Gasteiger partial charge in [0, 0.05) is 0 Å². The van der Waals surface area contributed by atoms with Gasteiger partial charge in [-0.15, -0.1) is 0 Å². The number of benzene rings is 4. The van der Waals surface area contributed by atoms with Gasteiger partial charge >= 0.3 is 0 Å². The van der Waals surface area contributed by atoms with Gasteiger partial charge in [-0.1, -0.05) is 54.6 Å². The van der Waals surface area contributed by atoms with Crippen LogP contribution in [-0.4, -0.2) is 33.3 Å². The predicted octanol–water partition coefficient (Wildman–Crippen LogP) is 6.35. The lowest BCUT2D eigenvalue weighted by molar-refractivity contribution is 0.412. The molecule has 0 aliphatic rings. The lowest BCUT2D eigenvalue weighted by atomic mass is 10.2. The Morgan fingerprint density at radius 2 is 1.20 bits per heavy atom.